The van der Waals surface area contributed by atoms with Gasteiger partial charge in [0, 0.05) is 31.3 Å². The van der Waals surface area contributed by atoms with Gasteiger partial charge >= 0.3 is 0 Å². The van der Waals surface area contributed by atoms with Gasteiger partial charge in [-0.15, -0.1) is 10.2 Å². The van der Waals surface area contributed by atoms with E-state index in [9.17, 15) is 9.59 Å². The van der Waals surface area contributed by atoms with E-state index in [0.717, 1.165) is 49.5 Å². The number of aromatic nitrogens is 5. The van der Waals surface area contributed by atoms with Gasteiger partial charge in [0.25, 0.3) is 11.5 Å². The predicted octanol–water partition coefficient (Wildman–Crippen LogP) is 2.36. The molecule has 3 aromatic heterocycles. The summed E-state index contributed by atoms with van der Waals surface area (Å²) >= 11 is 0. The molecule has 30 heavy (non-hydrogen) atoms. The minimum Gasteiger partial charge on any atom is -0.328 e. The number of carbonyl (C=O) groups is 1. The van der Waals surface area contributed by atoms with E-state index >= 15 is 0 Å². The van der Waals surface area contributed by atoms with Crippen LogP contribution in [-0.4, -0.2) is 41.5 Å². The first kappa shape index (κ1) is 17.3. The lowest BCUT2D eigenvalue weighted by Crippen LogP contribution is -2.31. The van der Waals surface area contributed by atoms with Crippen LogP contribution in [0.3, 0.4) is 0 Å². The third-order valence-corrected chi connectivity index (χ3v) is 6.22. The van der Waals surface area contributed by atoms with Crippen LogP contribution in [0.1, 0.15) is 47.3 Å². The molecule has 1 atom stereocenters. The Balaban J connectivity index is 1.39. The molecular formula is C22H20N6O2. The molecule has 0 saturated carbocycles. The first-order valence-electron chi connectivity index (χ1n) is 10.3. The molecule has 4 aromatic rings. The number of hydrogen-bond donors (Lipinski definition) is 0. The van der Waals surface area contributed by atoms with E-state index in [2.05, 4.69) is 15.2 Å². The van der Waals surface area contributed by atoms with Crippen molar-refractivity contribution < 1.29 is 4.79 Å². The highest BCUT2D eigenvalue weighted by Crippen LogP contribution is 2.32. The average Bonchev–Trinajstić information content (AvgIpc) is 3.51. The van der Waals surface area contributed by atoms with Crippen molar-refractivity contribution in [2.75, 3.05) is 6.54 Å². The van der Waals surface area contributed by atoms with Gasteiger partial charge in [-0.2, -0.15) is 0 Å². The molecule has 8 nitrogen and oxygen atoms in total. The zero-order chi connectivity index (χ0) is 20.2. The van der Waals surface area contributed by atoms with Gasteiger partial charge in [-0.1, -0.05) is 6.07 Å². The highest BCUT2D eigenvalue weighted by molar-refractivity contribution is 5.98. The zero-order valence-corrected chi connectivity index (χ0v) is 16.4. The van der Waals surface area contributed by atoms with E-state index in [-0.39, 0.29) is 17.5 Å². The van der Waals surface area contributed by atoms with Crippen LogP contribution in [0.4, 0.5) is 0 Å². The molecule has 1 fully saturated rings. The van der Waals surface area contributed by atoms with Gasteiger partial charge in [-0.05, 0) is 49.6 Å². The van der Waals surface area contributed by atoms with Gasteiger partial charge in [0.1, 0.15) is 5.82 Å². The van der Waals surface area contributed by atoms with Gasteiger partial charge < -0.3 is 4.90 Å². The fraction of sp³-hybridized carbons (Fsp3) is 0.318. The standard InChI is InChI=1S/C22H20N6O2/c29-21(14-8-9-15-16(13-14)23-18-7-4-12-28(18)22(15)30)26-11-3-5-17(26)20-25-24-19-6-1-2-10-27(19)20/h1-2,6,8-10,13,17H,3-5,7,11-12H2/t17-/m0/s1. The number of rotatable bonds is 2. The van der Waals surface area contributed by atoms with Crippen molar-refractivity contribution in [3.63, 3.8) is 0 Å². The van der Waals surface area contributed by atoms with E-state index in [4.69, 9.17) is 0 Å². The summed E-state index contributed by atoms with van der Waals surface area (Å²) in [6, 6.07) is 10.9. The van der Waals surface area contributed by atoms with E-state index in [1.165, 1.54) is 0 Å². The predicted molar refractivity (Wildman–Crippen MR) is 110 cm³/mol. The molecule has 150 valence electrons. The molecule has 5 heterocycles. The molecule has 0 radical (unpaired) electrons. The highest BCUT2D eigenvalue weighted by Gasteiger charge is 2.34. The largest absolute Gasteiger partial charge is 0.328 e. The van der Waals surface area contributed by atoms with Crippen LogP contribution in [0, 0.1) is 0 Å². The number of likely N-dealkylation sites (tertiary alicyclic amines) is 1. The van der Waals surface area contributed by atoms with Crippen LogP contribution in [0.2, 0.25) is 0 Å². The molecule has 2 aliphatic heterocycles. The summed E-state index contributed by atoms with van der Waals surface area (Å²) in [6.07, 6.45) is 5.43. The second-order valence-electron chi connectivity index (χ2n) is 7.96. The molecule has 0 aliphatic carbocycles. The molecule has 1 amide bonds. The lowest BCUT2D eigenvalue weighted by atomic mass is 10.1. The molecule has 1 aromatic carbocycles. The van der Waals surface area contributed by atoms with Crippen molar-refractivity contribution in [3.05, 3.63) is 70.2 Å². The second-order valence-corrected chi connectivity index (χ2v) is 7.96. The number of pyridine rings is 1. The fourth-order valence-corrected chi connectivity index (χ4v) is 4.75. The van der Waals surface area contributed by atoms with Crippen LogP contribution < -0.4 is 5.56 Å². The Kier molecular flexibility index (Phi) is 3.74. The number of aryl methyl sites for hydroxylation is 1. The first-order chi connectivity index (χ1) is 14.7. The molecule has 0 bridgehead atoms. The number of amides is 1. The molecule has 0 spiro atoms. The Morgan fingerprint density at radius 1 is 1.07 bits per heavy atom. The molecule has 8 heteroatoms. The van der Waals surface area contributed by atoms with Gasteiger partial charge in [0.2, 0.25) is 0 Å². The first-order valence-corrected chi connectivity index (χ1v) is 10.3. The normalized spacial score (nSPS) is 18.4. The van der Waals surface area contributed by atoms with Crippen molar-refractivity contribution in [2.45, 2.75) is 38.3 Å². The Morgan fingerprint density at radius 3 is 2.93 bits per heavy atom. The quantitative estimate of drug-likeness (QED) is 0.516. The van der Waals surface area contributed by atoms with Gasteiger partial charge in [0.15, 0.2) is 11.5 Å². The smallest absolute Gasteiger partial charge is 0.261 e. The Bertz CT molecular complexity index is 1370. The van der Waals surface area contributed by atoms with Crippen molar-refractivity contribution >= 4 is 22.5 Å². The zero-order valence-electron chi connectivity index (χ0n) is 16.4. The van der Waals surface area contributed by atoms with Crippen LogP contribution >= 0.6 is 0 Å². The summed E-state index contributed by atoms with van der Waals surface area (Å²) in [5, 5.41) is 9.18. The van der Waals surface area contributed by atoms with E-state index in [1.54, 1.807) is 22.8 Å². The number of benzene rings is 1. The van der Waals surface area contributed by atoms with Crippen molar-refractivity contribution in [2.24, 2.45) is 0 Å². The number of hydrogen-bond acceptors (Lipinski definition) is 5. The summed E-state index contributed by atoms with van der Waals surface area (Å²) in [4.78, 5) is 32.6. The maximum Gasteiger partial charge on any atom is 0.261 e. The molecule has 0 N–H and O–H groups in total. The molecule has 6 rings (SSSR count). The van der Waals surface area contributed by atoms with Crippen molar-refractivity contribution in [1.82, 2.24) is 29.0 Å². The summed E-state index contributed by atoms with van der Waals surface area (Å²) < 4.78 is 3.69. The summed E-state index contributed by atoms with van der Waals surface area (Å²) in [7, 11) is 0. The molecule has 0 unspecified atom stereocenters. The second kappa shape index (κ2) is 6.48. The van der Waals surface area contributed by atoms with Gasteiger partial charge in [-0.3, -0.25) is 18.6 Å². The lowest BCUT2D eigenvalue weighted by molar-refractivity contribution is 0.0729. The van der Waals surface area contributed by atoms with Gasteiger partial charge in [-0.25, -0.2) is 4.98 Å². The number of fused-ring (bicyclic) bond motifs is 3. The van der Waals surface area contributed by atoms with E-state index in [0.29, 0.717) is 23.0 Å². The van der Waals surface area contributed by atoms with Crippen molar-refractivity contribution in [3.8, 4) is 0 Å². The maximum absolute atomic E-state index is 13.4. The summed E-state index contributed by atoms with van der Waals surface area (Å²) in [5.41, 5.74) is 1.91. The number of carbonyl (C=O) groups excluding carboxylic acids is 1. The minimum absolute atomic E-state index is 0.0134. The van der Waals surface area contributed by atoms with Crippen LogP contribution in [0.15, 0.2) is 47.4 Å². The van der Waals surface area contributed by atoms with Crippen molar-refractivity contribution in [1.29, 1.82) is 0 Å². The lowest BCUT2D eigenvalue weighted by Gasteiger charge is -2.23. The molecular weight excluding hydrogens is 380 g/mol. The van der Waals surface area contributed by atoms with E-state index in [1.807, 2.05) is 33.7 Å². The third kappa shape index (κ3) is 2.49. The number of nitrogens with zero attached hydrogens (tertiary/aromatic N) is 6. The Morgan fingerprint density at radius 2 is 2.00 bits per heavy atom. The Hall–Kier alpha value is -3.55. The van der Waals surface area contributed by atoms with Crippen LogP contribution in [0.25, 0.3) is 16.6 Å². The van der Waals surface area contributed by atoms with Gasteiger partial charge in [0.05, 0.1) is 16.9 Å². The minimum atomic E-state index is -0.121. The summed E-state index contributed by atoms with van der Waals surface area (Å²) in [6.45, 7) is 1.39. The Labute approximate surface area is 171 Å². The third-order valence-electron chi connectivity index (χ3n) is 6.22. The SMILES string of the molecule is O=C(c1ccc2c(=O)n3c(nc2c1)CCC3)N1CCC[C@H]1c1nnc2ccccn12. The highest BCUT2D eigenvalue weighted by atomic mass is 16.2. The molecule has 1 saturated heterocycles. The van der Waals surface area contributed by atoms with Crippen LogP contribution in [-0.2, 0) is 13.0 Å². The van der Waals surface area contributed by atoms with E-state index < -0.39 is 0 Å². The molecule has 2 aliphatic rings. The maximum atomic E-state index is 13.4. The monoisotopic (exact) mass is 400 g/mol. The topological polar surface area (TPSA) is 85.4 Å². The average molecular weight is 400 g/mol. The summed E-state index contributed by atoms with van der Waals surface area (Å²) in [5.74, 6) is 1.53. The fourth-order valence-electron chi connectivity index (χ4n) is 4.75. The van der Waals surface area contributed by atoms with Crippen LogP contribution in [0.5, 0.6) is 0 Å².